The molecule has 0 spiro atoms. The molecule has 0 bridgehead atoms. The first-order valence-corrected chi connectivity index (χ1v) is 6.76. The minimum Gasteiger partial charge on any atom is -0.387 e. The smallest absolute Gasteiger partial charge is 0.129 e. The monoisotopic (exact) mass is 269 g/mol. The van der Waals surface area contributed by atoms with Crippen molar-refractivity contribution < 1.29 is 13.9 Å². The van der Waals surface area contributed by atoms with Crippen LogP contribution < -0.4 is 5.32 Å². The topological polar surface area (TPSA) is 32.3 Å². The Morgan fingerprint density at radius 2 is 2.16 bits per heavy atom. The molecule has 1 aromatic carbocycles. The number of halogens is 2. The van der Waals surface area contributed by atoms with Gasteiger partial charge in [0.2, 0.25) is 0 Å². The highest BCUT2D eigenvalue weighted by Gasteiger charge is 2.34. The first-order valence-electron chi connectivity index (χ1n) is 6.76. The molecule has 106 valence electrons. The minimum atomic E-state index is -1.02. The van der Waals surface area contributed by atoms with Crippen molar-refractivity contribution in [2.75, 3.05) is 6.54 Å². The molecule has 0 heterocycles. The Morgan fingerprint density at radius 1 is 1.42 bits per heavy atom. The number of nitrogens with one attached hydrogen (secondary N) is 1. The van der Waals surface area contributed by atoms with Crippen LogP contribution in [-0.4, -0.2) is 17.7 Å². The fraction of sp³-hybridized carbons (Fsp3) is 0.600. The van der Waals surface area contributed by atoms with Gasteiger partial charge in [-0.05, 0) is 36.5 Å². The molecule has 0 aliphatic heterocycles. The van der Waals surface area contributed by atoms with E-state index in [2.05, 4.69) is 19.2 Å². The summed E-state index contributed by atoms with van der Waals surface area (Å²) in [4.78, 5) is 0. The summed E-state index contributed by atoms with van der Waals surface area (Å²) < 4.78 is 26.6. The molecule has 1 aliphatic carbocycles. The van der Waals surface area contributed by atoms with Crippen LogP contribution in [0.2, 0.25) is 0 Å². The molecule has 1 saturated carbocycles. The molecule has 0 saturated heterocycles. The molecule has 1 aromatic rings. The van der Waals surface area contributed by atoms with Gasteiger partial charge in [0, 0.05) is 18.2 Å². The second kappa shape index (κ2) is 5.55. The molecule has 0 radical (unpaired) electrons. The van der Waals surface area contributed by atoms with Crippen molar-refractivity contribution in [1.82, 2.24) is 5.32 Å². The fourth-order valence-corrected chi connectivity index (χ4v) is 2.84. The van der Waals surface area contributed by atoms with E-state index in [4.69, 9.17) is 0 Å². The van der Waals surface area contributed by atoms with Gasteiger partial charge in [0.1, 0.15) is 11.6 Å². The first kappa shape index (κ1) is 14.4. The largest absolute Gasteiger partial charge is 0.387 e. The SMILES string of the molecule is CC1(C)CCCC1NCC(O)c1cc(F)ccc1F. The maximum absolute atomic E-state index is 13.5. The van der Waals surface area contributed by atoms with Crippen molar-refractivity contribution in [1.29, 1.82) is 0 Å². The van der Waals surface area contributed by atoms with Gasteiger partial charge in [-0.15, -0.1) is 0 Å². The number of rotatable bonds is 4. The maximum atomic E-state index is 13.5. The van der Waals surface area contributed by atoms with Gasteiger partial charge in [-0.2, -0.15) is 0 Å². The molecular formula is C15H21F2NO. The van der Waals surface area contributed by atoms with Crippen molar-refractivity contribution in [3.05, 3.63) is 35.4 Å². The molecular weight excluding hydrogens is 248 g/mol. The standard InChI is InChI=1S/C15H21F2NO/c1-15(2)7-3-4-14(15)18-9-13(19)11-8-10(16)5-6-12(11)17/h5-6,8,13-14,18-19H,3-4,7,9H2,1-2H3. The van der Waals surface area contributed by atoms with E-state index in [1.807, 2.05) is 0 Å². The Bertz CT molecular complexity index is 448. The molecule has 0 amide bonds. The number of hydrogen-bond acceptors (Lipinski definition) is 2. The Labute approximate surface area is 112 Å². The second-order valence-corrected chi connectivity index (χ2v) is 6.02. The van der Waals surface area contributed by atoms with E-state index >= 15 is 0 Å². The van der Waals surface area contributed by atoms with Crippen LogP contribution in [0.1, 0.15) is 44.8 Å². The second-order valence-electron chi connectivity index (χ2n) is 6.02. The zero-order valence-electron chi connectivity index (χ0n) is 11.4. The summed E-state index contributed by atoms with van der Waals surface area (Å²) in [7, 11) is 0. The fourth-order valence-electron chi connectivity index (χ4n) is 2.84. The quantitative estimate of drug-likeness (QED) is 0.880. The average Bonchev–Trinajstić information content (AvgIpc) is 2.68. The zero-order chi connectivity index (χ0) is 14.0. The maximum Gasteiger partial charge on any atom is 0.129 e. The zero-order valence-corrected chi connectivity index (χ0v) is 11.4. The van der Waals surface area contributed by atoms with Crippen LogP contribution in [-0.2, 0) is 0 Å². The molecule has 19 heavy (non-hydrogen) atoms. The molecule has 2 nitrogen and oxygen atoms in total. The molecule has 0 aromatic heterocycles. The summed E-state index contributed by atoms with van der Waals surface area (Å²) >= 11 is 0. The Hall–Kier alpha value is -1.00. The molecule has 1 fully saturated rings. The lowest BCUT2D eigenvalue weighted by molar-refractivity contribution is 0.153. The van der Waals surface area contributed by atoms with Crippen molar-refractivity contribution in [2.45, 2.75) is 45.3 Å². The van der Waals surface area contributed by atoms with Crippen molar-refractivity contribution in [3.8, 4) is 0 Å². The van der Waals surface area contributed by atoms with E-state index in [1.54, 1.807) is 0 Å². The van der Waals surface area contributed by atoms with Crippen LogP contribution in [0.4, 0.5) is 8.78 Å². The first-order chi connectivity index (χ1) is 8.90. The van der Waals surface area contributed by atoms with Crippen LogP contribution in [0.15, 0.2) is 18.2 Å². The molecule has 2 unspecified atom stereocenters. The van der Waals surface area contributed by atoms with Gasteiger partial charge in [0.15, 0.2) is 0 Å². The highest BCUT2D eigenvalue weighted by molar-refractivity contribution is 5.21. The number of benzene rings is 1. The Morgan fingerprint density at radius 3 is 2.79 bits per heavy atom. The molecule has 4 heteroatoms. The van der Waals surface area contributed by atoms with Crippen LogP contribution >= 0.6 is 0 Å². The van der Waals surface area contributed by atoms with Gasteiger partial charge in [-0.3, -0.25) is 0 Å². The van der Waals surface area contributed by atoms with Gasteiger partial charge >= 0.3 is 0 Å². The molecule has 2 atom stereocenters. The lowest BCUT2D eigenvalue weighted by atomic mass is 9.87. The molecule has 1 aliphatic rings. The van der Waals surface area contributed by atoms with E-state index in [9.17, 15) is 13.9 Å². The third kappa shape index (κ3) is 3.31. The third-order valence-electron chi connectivity index (χ3n) is 4.13. The summed E-state index contributed by atoms with van der Waals surface area (Å²) in [5.41, 5.74) is 0.212. The van der Waals surface area contributed by atoms with Gasteiger partial charge in [0.05, 0.1) is 6.10 Å². The van der Waals surface area contributed by atoms with E-state index in [-0.39, 0.29) is 17.5 Å². The predicted octanol–water partition coefficient (Wildman–Crippen LogP) is 3.17. The van der Waals surface area contributed by atoms with E-state index < -0.39 is 17.7 Å². The van der Waals surface area contributed by atoms with Crippen LogP contribution in [0, 0.1) is 17.0 Å². The van der Waals surface area contributed by atoms with E-state index in [0.717, 1.165) is 37.5 Å². The number of hydrogen-bond donors (Lipinski definition) is 2. The summed E-state index contributed by atoms with van der Waals surface area (Å²) in [6, 6.07) is 3.48. The van der Waals surface area contributed by atoms with E-state index in [1.165, 1.54) is 0 Å². The molecule has 2 rings (SSSR count). The summed E-state index contributed by atoms with van der Waals surface area (Å²) in [5, 5.41) is 13.3. The van der Waals surface area contributed by atoms with Gasteiger partial charge < -0.3 is 10.4 Å². The third-order valence-corrected chi connectivity index (χ3v) is 4.13. The lowest BCUT2D eigenvalue weighted by Gasteiger charge is -2.29. The van der Waals surface area contributed by atoms with Gasteiger partial charge in [-0.25, -0.2) is 8.78 Å². The van der Waals surface area contributed by atoms with Gasteiger partial charge in [-0.1, -0.05) is 20.3 Å². The minimum absolute atomic E-state index is 0.0169. The number of aliphatic hydroxyl groups is 1. The number of aliphatic hydroxyl groups excluding tert-OH is 1. The Kier molecular flexibility index (Phi) is 4.21. The van der Waals surface area contributed by atoms with Crippen LogP contribution in [0.3, 0.4) is 0 Å². The Balaban J connectivity index is 1.98. The summed E-state index contributed by atoms with van der Waals surface area (Å²) in [6.07, 6.45) is 2.35. The van der Waals surface area contributed by atoms with E-state index in [0.29, 0.717) is 6.04 Å². The van der Waals surface area contributed by atoms with Crippen molar-refractivity contribution >= 4 is 0 Å². The summed E-state index contributed by atoms with van der Waals surface area (Å²) in [5.74, 6) is -1.10. The highest BCUT2D eigenvalue weighted by Crippen LogP contribution is 2.37. The van der Waals surface area contributed by atoms with Crippen molar-refractivity contribution in [2.24, 2.45) is 5.41 Å². The lowest BCUT2D eigenvalue weighted by Crippen LogP contribution is -2.39. The normalized spacial score (nSPS) is 23.5. The molecule has 2 N–H and O–H groups in total. The average molecular weight is 269 g/mol. The van der Waals surface area contributed by atoms with Crippen LogP contribution in [0.5, 0.6) is 0 Å². The van der Waals surface area contributed by atoms with Crippen molar-refractivity contribution in [3.63, 3.8) is 0 Å². The summed E-state index contributed by atoms with van der Waals surface area (Å²) in [6.45, 7) is 4.62. The predicted molar refractivity (Wildman–Crippen MR) is 70.7 cm³/mol. The van der Waals surface area contributed by atoms with Gasteiger partial charge in [0.25, 0.3) is 0 Å². The highest BCUT2D eigenvalue weighted by atomic mass is 19.1. The van der Waals surface area contributed by atoms with Crippen LogP contribution in [0.25, 0.3) is 0 Å².